The van der Waals surface area contributed by atoms with E-state index in [4.69, 9.17) is 14.2 Å². The van der Waals surface area contributed by atoms with Gasteiger partial charge in [0.05, 0.1) is 6.67 Å². The van der Waals surface area contributed by atoms with Crippen LogP contribution in [0.2, 0.25) is 0 Å². The number of hydrogen-bond acceptors (Lipinski definition) is 4. The molecule has 6 atom stereocenters. The van der Waals surface area contributed by atoms with Crippen LogP contribution in [-0.2, 0) is 14.2 Å². The largest absolute Gasteiger partial charge is 0.368 e. The summed E-state index contributed by atoms with van der Waals surface area (Å²) in [6.07, 6.45) is 13.1. The van der Waals surface area contributed by atoms with Crippen molar-refractivity contribution in [3.63, 3.8) is 0 Å². The fourth-order valence-corrected chi connectivity index (χ4v) is 4.87. The molecule has 0 bridgehead atoms. The summed E-state index contributed by atoms with van der Waals surface area (Å²) in [4.78, 5) is 0. The van der Waals surface area contributed by atoms with Gasteiger partial charge in [-0.3, -0.25) is 4.39 Å². The molecule has 4 unspecified atom stereocenters. The monoisotopic (exact) mass is 370 g/mol. The third-order valence-corrected chi connectivity index (χ3v) is 6.17. The van der Waals surface area contributed by atoms with Crippen molar-refractivity contribution >= 4 is 0 Å². The quantitative estimate of drug-likeness (QED) is 0.471. The fraction of sp³-hybridized carbons (Fsp3) is 0.905. The lowest BCUT2D eigenvalue weighted by Gasteiger charge is -2.35. The van der Waals surface area contributed by atoms with Crippen molar-refractivity contribution in [3.8, 4) is 0 Å². The second-order valence-corrected chi connectivity index (χ2v) is 8.22. The first kappa shape index (κ1) is 20.2. The minimum absolute atomic E-state index is 0.181. The molecular formula is C21H35FO4. The molecule has 3 aliphatic rings. The Kier molecular flexibility index (Phi) is 7.50. The number of fused-ring (bicyclic) bond motifs is 1. The normalized spacial score (nSPS) is 40.3. The third kappa shape index (κ3) is 4.86. The average molecular weight is 371 g/mol. The Morgan fingerprint density at radius 1 is 1.23 bits per heavy atom. The van der Waals surface area contributed by atoms with Crippen LogP contribution in [0.15, 0.2) is 12.2 Å². The van der Waals surface area contributed by atoms with Crippen LogP contribution in [0.1, 0.15) is 71.1 Å². The molecule has 1 saturated carbocycles. The zero-order valence-electron chi connectivity index (χ0n) is 16.1. The predicted molar refractivity (Wildman–Crippen MR) is 98.1 cm³/mol. The maximum Gasteiger partial charge on any atom is 0.178 e. The number of aliphatic hydroxyl groups excluding tert-OH is 1. The smallest absolute Gasteiger partial charge is 0.178 e. The van der Waals surface area contributed by atoms with E-state index < -0.39 is 12.1 Å². The summed E-state index contributed by atoms with van der Waals surface area (Å²) in [5, 5.41) is 10.1. The molecule has 0 aromatic carbocycles. The van der Waals surface area contributed by atoms with Crippen molar-refractivity contribution in [2.24, 2.45) is 17.8 Å². The molecule has 5 heteroatoms. The van der Waals surface area contributed by atoms with Gasteiger partial charge in [0.1, 0.15) is 0 Å². The summed E-state index contributed by atoms with van der Waals surface area (Å²) in [6, 6.07) is 0. The number of ether oxygens (including phenoxy) is 3. The highest BCUT2D eigenvalue weighted by atomic mass is 19.1. The lowest BCUT2D eigenvalue weighted by atomic mass is 9.87. The second-order valence-electron chi connectivity index (χ2n) is 8.22. The Labute approximate surface area is 157 Å². The molecule has 1 aliphatic carbocycles. The van der Waals surface area contributed by atoms with E-state index in [2.05, 4.69) is 19.1 Å². The van der Waals surface area contributed by atoms with Crippen LogP contribution in [-0.4, -0.2) is 36.8 Å². The van der Waals surface area contributed by atoms with E-state index in [0.717, 1.165) is 58.0 Å². The van der Waals surface area contributed by atoms with Crippen molar-refractivity contribution in [2.75, 3.05) is 13.3 Å². The molecule has 3 fully saturated rings. The van der Waals surface area contributed by atoms with E-state index in [1.807, 2.05) is 0 Å². The highest BCUT2D eigenvalue weighted by molar-refractivity contribution is 5.07. The van der Waals surface area contributed by atoms with Crippen LogP contribution in [0, 0.1) is 17.8 Å². The van der Waals surface area contributed by atoms with Crippen molar-refractivity contribution in [1.29, 1.82) is 0 Å². The predicted octanol–water partition coefficient (Wildman–Crippen LogP) is 4.71. The highest BCUT2D eigenvalue weighted by Crippen LogP contribution is 2.55. The minimum Gasteiger partial charge on any atom is -0.368 e. The molecule has 0 spiro atoms. The minimum atomic E-state index is -0.743. The topological polar surface area (TPSA) is 47.9 Å². The first-order valence-corrected chi connectivity index (χ1v) is 10.5. The number of alkyl halides is 1. The zero-order chi connectivity index (χ0) is 18.4. The number of rotatable bonds is 9. The molecular weight excluding hydrogens is 335 g/mol. The molecule has 4 nitrogen and oxygen atoms in total. The van der Waals surface area contributed by atoms with Gasteiger partial charge in [0.2, 0.25) is 0 Å². The molecule has 0 aromatic rings. The van der Waals surface area contributed by atoms with Crippen LogP contribution in [0.25, 0.3) is 0 Å². The summed E-state index contributed by atoms with van der Waals surface area (Å²) in [7, 11) is 0. The molecule has 2 aliphatic heterocycles. The van der Waals surface area contributed by atoms with Crippen molar-refractivity contribution in [2.45, 2.75) is 89.5 Å². The molecule has 0 aromatic heterocycles. The average Bonchev–Trinajstić information content (AvgIpc) is 3.05. The maximum atomic E-state index is 12.1. The SMILES string of the molecule is C[C@@H]1CC2(OC3CCCCO3)OC(O)CC2[C@H]1/C=C/CCCCCCF. The van der Waals surface area contributed by atoms with Gasteiger partial charge in [-0.25, -0.2) is 0 Å². The number of allylic oxidation sites excluding steroid dienone is 2. The molecule has 0 radical (unpaired) electrons. The standard InChI is InChI=1S/C21H35FO4/c1-16-15-21(26-20-11-7-9-13-24-20)18(14-19(23)25-21)17(16)10-6-4-2-3-5-8-12-22/h6,10,16-20,23H,2-5,7-9,11-15H2,1H3/b10-6+/t16-,17+,18?,19?,20?,21?/m1/s1. The van der Waals surface area contributed by atoms with Gasteiger partial charge in [0.25, 0.3) is 0 Å². The van der Waals surface area contributed by atoms with Gasteiger partial charge in [-0.2, -0.15) is 0 Å². The first-order valence-electron chi connectivity index (χ1n) is 10.5. The van der Waals surface area contributed by atoms with Crippen LogP contribution in [0.3, 0.4) is 0 Å². The molecule has 0 amide bonds. The summed E-state index contributed by atoms with van der Waals surface area (Å²) < 4.78 is 30.1. The molecule has 2 saturated heterocycles. The number of unbranched alkanes of at least 4 members (excludes halogenated alkanes) is 4. The molecule has 26 heavy (non-hydrogen) atoms. The maximum absolute atomic E-state index is 12.1. The van der Waals surface area contributed by atoms with E-state index in [-0.39, 0.29) is 18.9 Å². The van der Waals surface area contributed by atoms with Crippen LogP contribution in [0.4, 0.5) is 4.39 Å². The highest BCUT2D eigenvalue weighted by Gasteiger charge is 2.59. The lowest BCUT2D eigenvalue weighted by Crippen LogP contribution is -2.41. The van der Waals surface area contributed by atoms with E-state index >= 15 is 0 Å². The van der Waals surface area contributed by atoms with Crippen LogP contribution < -0.4 is 0 Å². The second kappa shape index (κ2) is 9.63. The Balaban J connectivity index is 1.55. The molecule has 1 N–H and O–H groups in total. The Morgan fingerprint density at radius 3 is 2.85 bits per heavy atom. The van der Waals surface area contributed by atoms with Gasteiger partial charge in [0, 0.05) is 25.4 Å². The van der Waals surface area contributed by atoms with Crippen molar-refractivity contribution in [1.82, 2.24) is 0 Å². The Morgan fingerprint density at radius 2 is 2.08 bits per heavy atom. The van der Waals surface area contributed by atoms with Crippen LogP contribution in [0.5, 0.6) is 0 Å². The van der Waals surface area contributed by atoms with Gasteiger partial charge in [0.15, 0.2) is 18.4 Å². The van der Waals surface area contributed by atoms with Gasteiger partial charge in [-0.05, 0) is 50.4 Å². The summed E-state index contributed by atoms with van der Waals surface area (Å²) >= 11 is 0. The number of halogens is 1. The van der Waals surface area contributed by atoms with Crippen molar-refractivity contribution < 1.29 is 23.7 Å². The summed E-state index contributed by atoms with van der Waals surface area (Å²) in [5.41, 5.74) is 0. The number of aliphatic hydroxyl groups is 1. The Hall–Kier alpha value is -0.490. The van der Waals surface area contributed by atoms with Crippen LogP contribution >= 0.6 is 0 Å². The number of hydrogen-bond donors (Lipinski definition) is 1. The van der Waals surface area contributed by atoms with Gasteiger partial charge >= 0.3 is 0 Å². The fourth-order valence-electron chi connectivity index (χ4n) is 4.87. The lowest BCUT2D eigenvalue weighted by molar-refractivity contribution is -0.332. The Bertz CT molecular complexity index is 451. The van der Waals surface area contributed by atoms with Gasteiger partial charge in [-0.1, -0.05) is 31.9 Å². The van der Waals surface area contributed by atoms with E-state index in [0.29, 0.717) is 24.7 Å². The summed E-state index contributed by atoms with van der Waals surface area (Å²) in [6.45, 7) is 2.79. The summed E-state index contributed by atoms with van der Waals surface area (Å²) in [5.74, 6) is 0.304. The zero-order valence-corrected chi connectivity index (χ0v) is 16.1. The first-order chi connectivity index (χ1) is 12.6. The molecule has 150 valence electrons. The molecule has 3 rings (SSSR count). The van der Waals surface area contributed by atoms with Crippen molar-refractivity contribution in [3.05, 3.63) is 12.2 Å². The van der Waals surface area contributed by atoms with Gasteiger partial charge < -0.3 is 19.3 Å². The van der Waals surface area contributed by atoms with E-state index in [9.17, 15) is 9.50 Å². The van der Waals surface area contributed by atoms with E-state index in [1.54, 1.807) is 0 Å². The molecule has 2 heterocycles. The third-order valence-electron chi connectivity index (χ3n) is 6.17. The van der Waals surface area contributed by atoms with E-state index in [1.165, 1.54) is 0 Å². The van der Waals surface area contributed by atoms with Gasteiger partial charge in [-0.15, -0.1) is 0 Å².